The molecule has 3 rings (SSSR count). The van der Waals surface area contributed by atoms with E-state index in [1.165, 1.54) is 6.20 Å². The Morgan fingerprint density at radius 1 is 1.25 bits per heavy atom. The number of halogens is 3. The number of pyridine rings is 1. The van der Waals surface area contributed by atoms with Crippen LogP contribution in [0.3, 0.4) is 0 Å². The second kappa shape index (κ2) is 8.37. The minimum atomic E-state index is -4.44. The SMILES string of the molecule is CC(C)C1(C(=O)NCc2cncc(C(F)(F)F)c2)CC(NC2CCOCC2)C1. The molecule has 1 aliphatic carbocycles. The zero-order valence-corrected chi connectivity index (χ0v) is 16.3. The van der Waals surface area contributed by atoms with Crippen molar-refractivity contribution in [2.24, 2.45) is 11.3 Å². The first-order chi connectivity index (χ1) is 13.2. The molecule has 1 aromatic heterocycles. The number of aromatic nitrogens is 1. The van der Waals surface area contributed by atoms with Gasteiger partial charge in [-0.15, -0.1) is 0 Å². The third-order valence-corrected chi connectivity index (χ3v) is 6.05. The Morgan fingerprint density at radius 2 is 1.93 bits per heavy atom. The van der Waals surface area contributed by atoms with E-state index in [0.29, 0.717) is 17.6 Å². The van der Waals surface area contributed by atoms with Gasteiger partial charge in [-0.2, -0.15) is 13.2 Å². The van der Waals surface area contributed by atoms with Crippen LogP contribution in [-0.2, 0) is 22.3 Å². The monoisotopic (exact) mass is 399 g/mol. The van der Waals surface area contributed by atoms with E-state index in [1.54, 1.807) is 0 Å². The van der Waals surface area contributed by atoms with Gasteiger partial charge < -0.3 is 15.4 Å². The normalized spacial score (nSPS) is 26.1. The van der Waals surface area contributed by atoms with Gasteiger partial charge in [-0.25, -0.2) is 0 Å². The van der Waals surface area contributed by atoms with Gasteiger partial charge in [0.05, 0.1) is 11.0 Å². The van der Waals surface area contributed by atoms with Gasteiger partial charge in [0.25, 0.3) is 0 Å². The topological polar surface area (TPSA) is 63.2 Å². The first kappa shape index (κ1) is 21.0. The van der Waals surface area contributed by atoms with Crippen LogP contribution in [0.2, 0.25) is 0 Å². The maximum Gasteiger partial charge on any atom is 0.417 e. The molecule has 8 heteroatoms. The number of nitrogens with zero attached hydrogens (tertiary/aromatic N) is 1. The summed E-state index contributed by atoms with van der Waals surface area (Å²) in [5, 5.41) is 6.45. The number of alkyl halides is 3. The van der Waals surface area contributed by atoms with Crippen molar-refractivity contribution in [3.63, 3.8) is 0 Å². The molecule has 0 radical (unpaired) electrons. The summed E-state index contributed by atoms with van der Waals surface area (Å²) in [5.41, 5.74) is -0.932. The molecule has 1 amide bonds. The molecule has 1 saturated heterocycles. The molecule has 2 aliphatic rings. The van der Waals surface area contributed by atoms with Gasteiger partial charge in [0.2, 0.25) is 5.91 Å². The average Bonchev–Trinajstić information content (AvgIpc) is 2.62. The molecule has 0 aromatic carbocycles. The van der Waals surface area contributed by atoms with Crippen molar-refractivity contribution in [2.75, 3.05) is 13.2 Å². The largest absolute Gasteiger partial charge is 0.417 e. The standard InChI is InChI=1S/C20H28F3N3O2/c1-13(2)19(8-17(9-19)26-16-3-5-28-6-4-16)18(27)25-11-14-7-15(12-24-10-14)20(21,22)23/h7,10,12-13,16-17,26H,3-6,8-9,11H2,1-2H3,(H,25,27). The fourth-order valence-corrected chi connectivity index (χ4v) is 4.15. The molecule has 1 aliphatic heterocycles. The van der Waals surface area contributed by atoms with E-state index in [4.69, 9.17) is 4.74 Å². The molecule has 0 unspecified atom stereocenters. The number of carbonyl (C=O) groups is 1. The van der Waals surface area contributed by atoms with Crippen LogP contribution >= 0.6 is 0 Å². The number of hydrogen-bond acceptors (Lipinski definition) is 4. The quantitative estimate of drug-likeness (QED) is 0.771. The number of nitrogens with one attached hydrogen (secondary N) is 2. The van der Waals surface area contributed by atoms with Crippen LogP contribution in [0.25, 0.3) is 0 Å². The molecule has 5 nitrogen and oxygen atoms in total. The number of amides is 1. The Balaban J connectivity index is 1.56. The summed E-state index contributed by atoms with van der Waals surface area (Å²) in [6, 6.07) is 1.76. The Kier molecular flexibility index (Phi) is 6.29. The highest BCUT2D eigenvalue weighted by Gasteiger charge is 2.52. The summed E-state index contributed by atoms with van der Waals surface area (Å²) >= 11 is 0. The number of rotatable bonds is 6. The predicted molar refractivity (Wildman–Crippen MR) is 98.4 cm³/mol. The molecule has 28 heavy (non-hydrogen) atoms. The highest BCUT2D eigenvalue weighted by Crippen LogP contribution is 2.47. The lowest BCUT2D eigenvalue weighted by Gasteiger charge is -2.50. The van der Waals surface area contributed by atoms with Gasteiger partial charge in [0.15, 0.2) is 0 Å². The molecule has 0 spiro atoms. The zero-order chi connectivity index (χ0) is 20.4. The van der Waals surface area contributed by atoms with Gasteiger partial charge in [-0.05, 0) is 43.2 Å². The summed E-state index contributed by atoms with van der Waals surface area (Å²) in [7, 11) is 0. The highest BCUT2D eigenvalue weighted by atomic mass is 19.4. The van der Waals surface area contributed by atoms with Crippen LogP contribution in [-0.4, -0.2) is 36.2 Å². The minimum absolute atomic E-state index is 0.0439. The van der Waals surface area contributed by atoms with E-state index >= 15 is 0 Å². The van der Waals surface area contributed by atoms with E-state index in [1.807, 2.05) is 13.8 Å². The third-order valence-electron chi connectivity index (χ3n) is 6.05. The van der Waals surface area contributed by atoms with Crippen LogP contribution in [0.1, 0.15) is 50.7 Å². The first-order valence-corrected chi connectivity index (χ1v) is 9.84. The van der Waals surface area contributed by atoms with Crippen molar-refractivity contribution in [3.05, 3.63) is 29.6 Å². The molecule has 2 N–H and O–H groups in total. The summed E-state index contributed by atoms with van der Waals surface area (Å²) < 4.78 is 43.8. The molecule has 156 valence electrons. The molecule has 1 saturated carbocycles. The van der Waals surface area contributed by atoms with Gasteiger partial charge in [0.1, 0.15) is 0 Å². The lowest BCUT2D eigenvalue weighted by Crippen LogP contribution is -2.60. The van der Waals surface area contributed by atoms with Crippen molar-refractivity contribution in [3.8, 4) is 0 Å². The summed E-state index contributed by atoms with van der Waals surface area (Å²) in [6.07, 6.45) is 1.17. The van der Waals surface area contributed by atoms with Crippen LogP contribution in [0.4, 0.5) is 13.2 Å². The third kappa shape index (κ3) is 4.66. The number of carbonyl (C=O) groups excluding carboxylic acids is 1. The summed E-state index contributed by atoms with van der Waals surface area (Å²) in [5.74, 6) is 0.0600. The van der Waals surface area contributed by atoms with E-state index in [0.717, 1.165) is 51.2 Å². The Labute approximate surface area is 163 Å². The van der Waals surface area contributed by atoms with Crippen molar-refractivity contribution < 1.29 is 22.7 Å². The molecule has 1 aromatic rings. The Hall–Kier alpha value is -1.67. The predicted octanol–water partition coefficient (Wildman–Crippen LogP) is 3.29. The molecule has 0 atom stereocenters. The second-order valence-corrected chi connectivity index (χ2v) is 8.23. The molecule has 0 bridgehead atoms. The van der Waals surface area contributed by atoms with Crippen LogP contribution in [0.5, 0.6) is 0 Å². The molecule has 2 fully saturated rings. The smallest absolute Gasteiger partial charge is 0.381 e. The van der Waals surface area contributed by atoms with Gasteiger partial charge in [-0.3, -0.25) is 9.78 Å². The number of ether oxygens (including phenoxy) is 1. The fourth-order valence-electron chi connectivity index (χ4n) is 4.15. The molecular formula is C20H28F3N3O2. The second-order valence-electron chi connectivity index (χ2n) is 8.23. The van der Waals surface area contributed by atoms with Crippen molar-refractivity contribution in [2.45, 2.75) is 64.3 Å². The van der Waals surface area contributed by atoms with E-state index < -0.39 is 17.2 Å². The summed E-state index contributed by atoms with van der Waals surface area (Å²) in [4.78, 5) is 16.5. The van der Waals surface area contributed by atoms with Crippen molar-refractivity contribution in [1.29, 1.82) is 0 Å². The van der Waals surface area contributed by atoms with Crippen LogP contribution in [0, 0.1) is 11.3 Å². The Bertz CT molecular complexity index is 682. The minimum Gasteiger partial charge on any atom is -0.381 e. The van der Waals surface area contributed by atoms with Crippen molar-refractivity contribution >= 4 is 5.91 Å². The maximum absolute atomic E-state index is 12.9. The van der Waals surface area contributed by atoms with Crippen LogP contribution < -0.4 is 10.6 Å². The lowest BCUT2D eigenvalue weighted by molar-refractivity contribution is -0.142. The average molecular weight is 399 g/mol. The van der Waals surface area contributed by atoms with Crippen molar-refractivity contribution in [1.82, 2.24) is 15.6 Å². The van der Waals surface area contributed by atoms with E-state index in [-0.39, 0.29) is 18.4 Å². The molecular weight excluding hydrogens is 371 g/mol. The van der Waals surface area contributed by atoms with Gasteiger partial charge >= 0.3 is 6.18 Å². The van der Waals surface area contributed by atoms with E-state index in [9.17, 15) is 18.0 Å². The summed E-state index contributed by atoms with van der Waals surface area (Å²) in [6.45, 7) is 5.63. The highest BCUT2D eigenvalue weighted by molar-refractivity contribution is 5.84. The lowest BCUT2D eigenvalue weighted by atomic mass is 9.58. The molecule has 2 heterocycles. The van der Waals surface area contributed by atoms with E-state index in [2.05, 4.69) is 15.6 Å². The van der Waals surface area contributed by atoms with Crippen LogP contribution in [0.15, 0.2) is 18.5 Å². The zero-order valence-electron chi connectivity index (χ0n) is 16.3. The maximum atomic E-state index is 12.9. The number of hydrogen-bond donors (Lipinski definition) is 2. The van der Waals surface area contributed by atoms with Gasteiger partial charge in [0, 0.05) is 44.2 Å². The first-order valence-electron chi connectivity index (χ1n) is 9.84. The van der Waals surface area contributed by atoms with Gasteiger partial charge in [-0.1, -0.05) is 13.8 Å². The fraction of sp³-hybridized carbons (Fsp3) is 0.700. The Morgan fingerprint density at radius 3 is 2.54 bits per heavy atom.